The van der Waals surface area contributed by atoms with E-state index in [1.807, 2.05) is 4.90 Å². The van der Waals surface area contributed by atoms with Crippen LogP contribution in [-0.2, 0) is 0 Å². The number of benzene rings is 1. The van der Waals surface area contributed by atoms with Crippen molar-refractivity contribution in [2.24, 2.45) is 5.41 Å². The second-order valence-electron chi connectivity index (χ2n) is 5.99. The summed E-state index contributed by atoms with van der Waals surface area (Å²) in [6.07, 6.45) is 7.36. The normalized spacial score (nSPS) is 22.1. The largest absolute Gasteiger partial charge is 0.397 e. The molecule has 1 saturated heterocycles. The van der Waals surface area contributed by atoms with Crippen LogP contribution in [0.4, 0.5) is 20.2 Å². The molecule has 4 heteroatoms. The lowest BCUT2D eigenvalue weighted by molar-refractivity contribution is 0.226. The van der Waals surface area contributed by atoms with Gasteiger partial charge in [0, 0.05) is 13.1 Å². The van der Waals surface area contributed by atoms with E-state index in [0.29, 0.717) is 11.1 Å². The third-order valence-electron chi connectivity index (χ3n) is 4.90. The van der Waals surface area contributed by atoms with E-state index in [2.05, 4.69) is 0 Å². The Hall–Kier alpha value is -1.32. The summed E-state index contributed by atoms with van der Waals surface area (Å²) in [5.41, 5.74) is 6.88. The zero-order valence-corrected chi connectivity index (χ0v) is 11.1. The van der Waals surface area contributed by atoms with Crippen molar-refractivity contribution in [2.75, 3.05) is 23.7 Å². The van der Waals surface area contributed by atoms with Crippen LogP contribution in [-0.4, -0.2) is 13.1 Å². The molecule has 0 bridgehead atoms. The fourth-order valence-corrected chi connectivity index (χ4v) is 3.71. The second kappa shape index (κ2) is 4.66. The van der Waals surface area contributed by atoms with Crippen molar-refractivity contribution in [3.63, 3.8) is 0 Å². The Balaban J connectivity index is 1.80. The van der Waals surface area contributed by atoms with Crippen LogP contribution in [0.3, 0.4) is 0 Å². The lowest BCUT2D eigenvalue weighted by Crippen LogP contribution is -2.39. The van der Waals surface area contributed by atoms with Crippen molar-refractivity contribution in [1.29, 1.82) is 0 Å². The van der Waals surface area contributed by atoms with Gasteiger partial charge < -0.3 is 10.6 Å². The lowest BCUT2D eigenvalue weighted by atomic mass is 9.77. The van der Waals surface area contributed by atoms with Gasteiger partial charge in [-0.25, -0.2) is 8.78 Å². The van der Waals surface area contributed by atoms with E-state index in [4.69, 9.17) is 5.73 Å². The molecule has 0 amide bonds. The Bertz CT molecular complexity index is 471. The number of anilines is 2. The summed E-state index contributed by atoms with van der Waals surface area (Å²) >= 11 is 0. The van der Waals surface area contributed by atoms with Gasteiger partial charge in [-0.1, -0.05) is 12.8 Å². The van der Waals surface area contributed by atoms with Crippen LogP contribution >= 0.6 is 0 Å². The Morgan fingerprint density at radius 2 is 1.63 bits per heavy atom. The van der Waals surface area contributed by atoms with Gasteiger partial charge in [0.05, 0.1) is 11.4 Å². The summed E-state index contributed by atoms with van der Waals surface area (Å²) in [6.45, 7) is 1.56. The van der Waals surface area contributed by atoms with Crippen LogP contribution in [0.1, 0.15) is 38.5 Å². The monoisotopic (exact) mass is 266 g/mol. The molecular formula is C15H20F2N2. The van der Waals surface area contributed by atoms with Crippen molar-refractivity contribution < 1.29 is 8.78 Å². The molecule has 1 aliphatic heterocycles. The van der Waals surface area contributed by atoms with Crippen LogP contribution in [0, 0.1) is 17.0 Å². The van der Waals surface area contributed by atoms with Crippen molar-refractivity contribution >= 4 is 11.4 Å². The van der Waals surface area contributed by atoms with E-state index in [0.717, 1.165) is 32.0 Å². The highest BCUT2D eigenvalue weighted by Crippen LogP contribution is 2.47. The molecule has 1 heterocycles. The first-order valence-electron chi connectivity index (χ1n) is 7.10. The Kier molecular flexibility index (Phi) is 3.11. The maximum absolute atomic E-state index is 13.9. The topological polar surface area (TPSA) is 29.3 Å². The zero-order chi connectivity index (χ0) is 13.5. The van der Waals surface area contributed by atoms with Crippen LogP contribution < -0.4 is 10.6 Å². The Morgan fingerprint density at radius 3 is 2.26 bits per heavy atom. The molecule has 1 aromatic carbocycles. The van der Waals surface area contributed by atoms with Gasteiger partial charge in [-0.05, 0) is 43.2 Å². The van der Waals surface area contributed by atoms with Gasteiger partial charge in [-0.15, -0.1) is 0 Å². The van der Waals surface area contributed by atoms with Crippen LogP contribution in [0.5, 0.6) is 0 Å². The molecule has 19 heavy (non-hydrogen) atoms. The summed E-state index contributed by atoms with van der Waals surface area (Å²) in [5.74, 6) is -1.62. The van der Waals surface area contributed by atoms with Gasteiger partial charge in [0.25, 0.3) is 0 Å². The minimum Gasteiger partial charge on any atom is -0.397 e. The number of piperidine rings is 1. The van der Waals surface area contributed by atoms with Crippen LogP contribution in [0.15, 0.2) is 12.1 Å². The van der Waals surface area contributed by atoms with Gasteiger partial charge >= 0.3 is 0 Å². The lowest BCUT2D eigenvalue weighted by Gasteiger charge is -2.40. The first kappa shape index (κ1) is 12.7. The van der Waals surface area contributed by atoms with Crippen LogP contribution in [0.2, 0.25) is 0 Å². The molecule has 0 radical (unpaired) electrons. The standard InChI is InChI=1S/C15H20F2N2/c16-11-3-4-12(18)14(13(11)17)19-9-7-15(8-10-19)5-1-2-6-15/h3-4H,1-2,5-10,18H2. The maximum Gasteiger partial charge on any atom is 0.184 e. The molecular weight excluding hydrogens is 246 g/mol. The first-order chi connectivity index (χ1) is 9.11. The number of halogens is 2. The predicted octanol–water partition coefficient (Wildman–Crippen LogP) is 3.71. The van der Waals surface area contributed by atoms with Gasteiger partial charge in [-0.3, -0.25) is 0 Å². The van der Waals surface area contributed by atoms with E-state index in [1.54, 1.807) is 0 Å². The van der Waals surface area contributed by atoms with Gasteiger partial charge in [0.2, 0.25) is 0 Å². The molecule has 2 nitrogen and oxygen atoms in total. The Morgan fingerprint density at radius 1 is 1.00 bits per heavy atom. The number of nitrogens with zero attached hydrogens (tertiary/aromatic N) is 1. The molecule has 0 atom stereocenters. The minimum absolute atomic E-state index is 0.257. The average molecular weight is 266 g/mol. The predicted molar refractivity (Wildman–Crippen MR) is 73.1 cm³/mol. The van der Waals surface area contributed by atoms with Crippen LogP contribution in [0.25, 0.3) is 0 Å². The number of hydrogen-bond acceptors (Lipinski definition) is 2. The molecule has 2 aliphatic rings. The molecule has 3 rings (SSSR count). The van der Waals surface area contributed by atoms with Crippen molar-refractivity contribution in [2.45, 2.75) is 38.5 Å². The summed E-state index contributed by atoms with van der Waals surface area (Å²) in [7, 11) is 0. The maximum atomic E-state index is 13.9. The van der Waals surface area contributed by atoms with Gasteiger partial charge in [0.1, 0.15) is 0 Å². The first-order valence-corrected chi connectivity index (χ1v) is 7.10. The molecule has 1 spiro atoms. The third-order valence-corrected chi connectivity index (χ3v) is 4.90. The zero-order valence-electron chi connectivity index (χ0n) is 11.1. The summed E-state index contributed by atoms with van der Waals surface area (Å²) in [5, 5.41) is 0. The molecule has 1 aromatic rings. The molecule has 2 fully saturated rings. The molecule has 1 aliphatic carbocycles. The molecule has 0 unspecified atom stereocenters. The molecule has 2 N–H and O–H groups in total. The average Bonchev–Trinajstić information content (AvgIpc) is 2.85. The van der Waals surface area contributed by atoms with Crippen molar-refractivity contribution in [3.05, 3.63) is 23.8 Å². The number of rotatable bonds is 1. The fraction of sp³-hybridized carbons (Fsp3) is 0.600. The quantitative estimate of drug-likeness (QED) is 0.785. The number of nitrogen functional groups attached to an aromatic ring is 1. The van der Waals surface area contributed by atoms with E-state index in [9.17, 15) is 8.78 Å². The van der Waals surface area contributed by atoms with E-state index in [1.165, 1.54) is 31.7 Å². The van der Waals surface area contributed by atoms with Gasteiger partial charge in [-0.2, -0.15) is 0 Å². The highest BCUT2D eigenvalue weighted by Gasteiger charge is 2.37. The van der Waals surface area contributed by atoms with E-state index < -0.39 is 11.6 Å². The SMILES string of the molecule is Nc1ccc(F)c(F)c1N1CCC2(CCCC2)CC1. The fourth-order valence-electron chi connectivity index (χ4n) is 3.71. The molecule has 104 valence electrons. The summed E-state index contributed by atoms with van der Waals surface area (Å²) in [6, 6.07) is 2.55. The smallest absolute Gasteiger partial charge is 0.184 e. The minimum atomic E-state index is -0.814. The highest BCUT2D eigenvalue weighted by molar-refractivity contribution is 5.68. The number of hydrogen-bond donors (Lipinski definition) is 1. The number of nitrogens with two attached hydrogens (primary N) is 1. The molecule has 0 aromatic heterocycles. The van der Waals surface area contributed by atoms with Crippen molar-refractivity contribution in [3.8, 4) is 0 Å². The van der Waals surface area contributed by atoms with Gasteiger partial charge in [0.15, 0.2) is 11.6 Å². The Labute approximate surface area is 112 Å². The molecule has 1 saturated carbocycles. The van der Waals surface area contributed by atoms with E-state index >= 15 is 0 Å². The highest BCUT2D eigenvalue weighted by atomic mass is 19.2. The third kappa shape index (κ3) is 2.17. The summed E-state index contributed by atoms with van der Waals surface area (Å²) < 4.78 is 27.3. The van der Waals surface area contributed by atoms with Crippen molar-refractivity contribution in [1.82, 2.24) is 0 Å². The van der Waals surface area contributed by atoms with E-state index in [-0.39, 0.29) is 5.69 Å². The second-order valence-corrected chi connectivity index (χ2v) is 5.99. The summed E-state index contributed by atoms with van der Waals surface area (Å²) in [4.78, 5) is 1.91.